The lowest BCUT2D eigenvalue weighted by Gasteiger charge is -2.38. The van der Waals surface area contributed by atoms with Gasteiger partial charge in [0.05, 0.1) is 35.3 Å². The van der Waals surface area contributed by atoms with E-state index in [-0.39, 0.29) is 65.5 Å². The van der Waals surface area contributed by atoms with Gasteiger partial charge in [-0.3, -0.25) is 9.52 Å². The molecule has 0 radical (unpaired) electrons. The van der Waals surface area contributed by atoms with Gasteiger partial charge in [-0.25, -0.2) is 13.2 Å². The third-order valence-electron chi connectivity index (χ3n) is 7.79. The van der Waals surface area contributed by atoms with Gasteiger partial charge in [0, 0.05) is 30.6 Å². The second-order valence-electron chi connectivity index (χ2n) is 11.0. The molecule has 0 aromatic heterocycles. The van der Waals surface area contributed by atoms with Gasteiger partial charge in [0.1, 0.15) is 6.10 Å². The van der Waals surface area contributed by atoms with E-state index in [0.29, 0.717) is 5.02 Å². The Labute approximate surface area is 247 Å². The average molecular weight is 607 g/mol. The molecular formula is C29H39ClN4O6S. The number of rotatable bonds is 8. The highest BCUT2D eigenvalue weighted by Gasteiger charge is 2.35. The Hall–Kier alpha value is -3.02. The zero-order valence-corrected chi connectivity index (χ0v) is 25.2. The van der Waals surface area contributed by atoms with E-state index in [1.165, 1.54) is 36.8 Å². The van der Waals surface area contributed by atoms with Crippen LogP contribution in [0.25, 0.3) is 0 Å². The molecule has 2 aliphatic rings. The zero-order chi connectivity index (χ0) is 29.7. The number of nitrogens with one attached hydrogen (secondary N) is 2. The number of halogens is 1. The molecule has 0 saturated heterocycles. The van der Waals surface area contributed by atoms with Gasteiger partial charge in [-0.05, 0) is 56.2 Å². The molecule has 41 heavy (non-hydrogen) atoms. The first-order chi connectivity index (χ1) is 19.5. The number of sulfonamides is 1. The molecular weight excluding hydrogens is 568 g/mol. The van der Waals surface area contributed by atoms with E-state index >= 15 is 0 Å². The molecule has 3 N–H and O–H groups in total. The number of carbonyl (C=O) groups excluding carboxylic acids is 2. The lowest BCUT2D eigenvalue weighted by atomic mass is 9.96. The minimum Gasteiger partial charge on any atom is -0.485 e. The SMILES string of the molecule is C[C@H](CO)N1C[C@H](C)[C@@H](CN(C)C(=O)NC2CCCCC2)Oc2c(NS(=O)(=O)c3ccc(Cl)cc3)cccc2C1=O. The Bertz CT molecular complexity index is 1330. The first-order valence-corrected chi connectivity index (χ1v) is 15.9. The second-order valence-corrected chi connectivity index (χ2v) is 13.1. The minimum atomic E-state index is -4.05. The van der Waals surface area contributed by atoms with Gasteiger partial charge in [0.15, 0.2) is 5.75 Å². The summed E-state index contributed by atoms with van der Waals surface area (Å²) in [5.41, 5.74) is 0.253. The third kappa shape index (κ3) is 7.44. The van der Waals surface area contributed by atoms with Crippen molar-refractivity contribution in [2.45, 2.75) is 69.0 Å². The Kier molecular flexibility index (Phi) is 10.0. The van der Waals surface area contributed by atoms with Crippen LogP contribution in [0.1, 0.15) is 56.3 Å². The van der Waals surface area contributed by atoms with Crippen LogP contribution < -0.4 is 14.8 Å². The first-order valence-electron chi connectivity index (χ1n) is 14.0. The number of fused-ring (bicyclic) bond motifs is 1. The summed E-state index contributed by atoms with van der Waals surface area (Å²) in [4.78, 5) is 29.9. The summed E-state index contributed by atoms with van der Waals surface area (Å²) >= 11 is 5.94. The molecule has 0 bridgehead atoms. The topological polar surface area (TPSA) is 128 Å². The van der Waals surface area contributed by atoms with E-state index in [4.69, 9.17) is 16.3 Å². The van der Waals surface area contributed by atoms with Crippen LogP contribution >= 0.6 is 11.6 Å². The van der Waals surface area contributed by atoms with E-state index in [0.717, 1.165) is 25.7 Å². The summed E-state index contributed by atoms with van der Waals surface area (Å²) in [6.07, 6.45) is 4.69. The van der Waals surface area contributed by atoms with E-state index in [1.807, 2.05) is 6.92 Å². The van der Waals surface area contributed by atoms with E-state index < -0.39 is 22.2 Å². The fourth-order valence-corrected chi connectivity index (χ4v) is 6.43. The predicted octanol–water partition coefficient (Wildman–Crippen LogP) is 4.34. The maximum Gasteiger partial charge on any atom is 0.317 e. The highest BCUT2D eigenvalue weighted by Crippen LogP contribution is 2.36. The zero-order valence-electron chi connectivity index (χ0n) is 23.7. The van der Waals surface area contributed by atoms with Crippen LogP contribution in [0.3, 0.4) is 0 Å². The van der Waals surface area contributed by atoms with Crippen molar-refractivity contribution in [2.24, 2.45) is 5.92 Å². The highest BCUT2D eigenvalue weighted by atomic mass is 35.5. The normalized spacial score (nSPS) is 20.7. The highest BCUT2D eigenvalue weighted by molar-refractivity contribution is 7.92. The lowest BCUT2D eigenvalue weighted by Crippen LogP contribution is -2.52. The monoisotopic (exact) mass is 606 g/mol. The van der Waals surface area contributed by atoms with E-state index in [1.54, 1.807) is 35.9 Å². The van der Waals surface area contributed by atoms with Crippen LogP contribution in [-0.2, 0) is 10.0 Å². The molecule has 0 unspecified atom stereocenters. The number of amides is 3. The molecule has 1 heterocycles. The molecule has 224 valence electrons. The number of nitrogens with zero attached hydrogens (tertiary/aromatic N) is 2. The number of anilines is 1. The van der Waals surface area contributed by atoms with Crippen LogP contribution in [-0.4, -0.2) is 80.2 Å². The van der Waals surface area contributed by atoms with Crippen molar-refractivity contribution in [3.63, 3.8) is 0 Å². The molecule has 2 aromatic rings. The smallest absolute Gasteiger partial charge is 0.317 e. The number of aliphatic hydroxyl groups is 1. The van der Waals surface area contributed by atoms with Crippen LogP contribution in [0, 0.1) is 5.92 Å². The van der Waals surface area contributed by atoms with Gasteiger partial charge in [-0.2, -0.15) is 0 Å². The predicted molar refractivity (Wildman–Crippen MR) is 158 cm³/mol. The molecule has 2 aromatic carbocycles. The van der Waals surface area contributed by atoms with Crippen molar-refractivity contribution >= 4 is 39.2 Å². The third-order valence-corrected chi connectivity index (χ3v) is 9.43. The fraction of sp³-hybridized carbons (Fsp3) is 0.517. The minimum absolute atomic E-state index is 0.00348. The molecule has 10 nitrogen and oxygen atoms in total. The summed E-state index contributed by atoms with van der Waals surface area (Å²) in [5, 5.41) is 13.4. The Morgan fingerprint density at radius 1 is 1.17 bits per heavy atom. The van der Waals surface area contributed by atoms with Gasteiger partial charge >= 0.3 is 6.03 Å². The van der Waals surface area contributed by atoms with Gasteiger partial charge < -0.3 is 25.0 Å². The van der Waals surface area contributed by atoms with Gasteiger partial charge in [-0.1, -0.05) is 43.9 Å². The van der Waals surface area contributed by atoms with Crippen LogP contribution in [0.2, 0.25) is 5.02 Å². The number of ether oxygens (including phenoxy) is 1. The largest absolute Gasteiger partial charge is 0.485 e. The van der Waals surface area contributed by atoms with E-state index in [2.05, 4.69) is 10.0 Å². The van der Waals surface area contributed by atoms with Crippen molar-refractivity contribution < 1.29 is 27.9 Å². The molecule has 3 atom stereocenters. The van der Waals surface area contributed by atoms with Crippen molar-refractivity contribution in [1.82, 2.24) is 15.1 Å². The number of carbonyl (C=O) groups is 2. The first kappa shape index (κ1) is 30.9. The van der Waals surface area contributed by atoms with Gasteiger partial charge in [-0.15, -0.1) is 0 Å². The quantitative estimate of drug-likeness (QED) is 0.410. The van der Waals surface area contributed by atoms with Gasteiger partial charge in [0.2, 0.25) is 0 Å². The molecule has 4 rings (SSSR count). The van der Waals surface area contributed by atoms with Crippen molar-refractivity contribution in [2.75, 3.05) is 31.5 Å². The average Bonchev–Trinajstić information content (AvgIpc) is 2.95. The Morgan fingerprint density at radius 2 is 1.85 bits per heavy atom. The molecule has 0 spiro atoms. The Balaban J connectivity index is 1.66. The summed E-state index contributed by atoms with van der Waals surface area (Å²) in [6, 6.07) is 9.86. The van der Waals surface area contributed by atoms with Gasteiger partial charge in [0.25, 0.3) is 15.9 Å². The number of aliphatic hydroxyl groups excluding tert-OH is 1. The fourth-order valence-electron chi connectivity index (χ4n) is 5.24. The van der Waals surface area contributed by atoms with Crippen molar-refractivity contribution in [3.05, 3.63) is 53.1 Å². The lowest BCUT2D eigenvalue weighted by molar-refractivity contribution is 0.0368. The molecule has 1 aliphatic carbocycles. The van der Waals surface area contributed by atoms with Crippen molar-refractivity contribution in [1.29, 1.82) is 0 Å². The second kappa shape index (κ2) is 13.3. The number of hydrogen-bond donors (Lipinski definition) is 3. The molecule has 12 heteroatoms. The number of para-hydroxylation sites is 1. The molecule has 1 aliphatic heterocycles. The maximum atomic E-state index is 13.7. The standard InChI is InChI=1S/C29H39ClN4O6S/c1-19-16-34(20(2)18-35)28(36)24-10-7-11-25(32-41(38,39)23-14-12-21(30)13-15-23)27(24)40-26(19)17-33(3)29(37)31-22-8-5-4-6-9-22/h7,10-15,19-20,22,26,32,35H,4-6,8-9,16-18H2,1-3H3,(H,31,37)/t19-,20+,26+/m0/s1. The van der Waals surface area contributed by atoms with Crippen molar-refractivity contribution in [3.8, 4) is 5.75 Å². The number of benzene rings is 2. The molecule has 3 amide bonds. The summed E-state index contributed by atoms with van der Waals surface area (Å²) in [5.74, 6) is -0.572. The maximum absolute atomic E-state index is 13.7. The van der Waals surface area contributed by atoms with Crippen LogP contribution in [0.5, 0.6) is 5.75 Å². The number of hydrogen-bond acceptors (Lipinski definition) is 6. The number of urea groups is 1. The van der Waals surface area contributed by atoms with E-state index in [9.17, 15) is 23.1 Å². The van der Waals surface area contributed by atoms with Crippen LogP contribution in [0.15, 0.2) is 47.4 Å². The summed E-state index contributed by atoms with van der Waals surface area (Å²) < 4.78 is 35.5. The summed E-state index contributed by atoms with van der Waals surface area (Å²) in [7, 11) is -2.35. The Morgan fingerprint density at radius 3 is 2.51 bits per heavy atom. The molecule has 1 saturated carbocycles. The molecule has 1 fully saturated rings. The number of likely N-dealkylation sites (N-methyl/N-ethyl adjacent to an activating group) is 1. The van der Waals surface area contributed by atoms with Crippen LogP contribution in [0.4, 0.5) is 10.5 Å². The summed E-state index contributed by atoms with van der Waals surface area (Å²) in [6.45, 7) is 3.90.